The topological polar surface area (TPSA) is 83.8 Å². The molecule has 3 N–H and O–H groups in total. The lowest BCUT2D eigenvalue weighted by Crippen LogP contribution is -2.52. The molecule has 0 radical (unpaired) electrons. The Bertz CT molecular complexity index is 1420. The van der Waals surface area contributed by atoms with Gasteiger partial charge in [-0.15, -0.1) is 0 Å². The van der Waals surface area contributed by atoms with Gasteiger partial charge in [0.1, 0.15) is 17.2 Å². The highest BCUT2D eigenvalue weighted by molar-refractivity contribution is 6.10. The third-order valence-corrected chi connectivity index (χ3v) is 8.13. The number of aromatic nitrogens is 3. The molecule has 2 aliphatic heterocycles. The number of aliphatic imine (C=N–C) groups is 1. The van der Waals surface area contributed by atoms with Crippen LogP contribution in [0.1, 0.15) is 42.3 Å². The zero-order valence-corrected chi connectivity index (χ0v) is 20.3. The summed E-state index contributed by atoms with van der Waals surface area (Å²) in [5.74, 6) is 2.11. The van der Waals surface area contributed by atoms with Crippen molar-refractivity contribution in [3.8, 4) is 0 Å². The number of rotatable bonds is 4. The van der Waals surface area contributed by atoms with Crippen molar-refractivity contribution in [3.05, 3.63) is 89.7 Å². The highest BCUT2D eigenvalue weighted by Crippen LogP contribution is 2.42. The lowest BCUT2D eigenvalue weighted by atomic mass is 9.78. The van der Waals surface area contributed by atoms with Gasteiger partial charge in [0.25, 0.3) is 0 Å². The first-order valence-electron chi connectivity index (χ1n) is 13.0. The molecule has 0 amide bonds. The van der Waals surface area contributed by atoms with E-state index < -0.39 is 0 Å². The molecule has 4 aliphatic rings. The van der Waals surface area contributed by atoms with E-state index in [0.717, 1.165) is 73.8 Å². The third kappa shape index (κ3) is 3.70. The first-order chi connectivity index (χ1) is 17.7. The lowest BCUT2D eigenvalue weighted by Gasteiger charge is -2.44. The summed E-state index contributed by atoms with van der Waals surface area (Å²) in [6.45, 7) is 4.47. The molecule has 3 aromatic rings. The van der Waals surface area contributed by atoms with Crippen molar-refractivity contribution < 1.29 is 0 Å². The van der Waals surface area contributed by atoms with E-state index in [-0.39, 0.29) is 6.04 Å². The van der Waals surface area contributed by atoms with Crippen molar-refractivity contribution in [2.75, 3.05) is 31.9 Å². The maximum Gasteiger partial charge on any atom is 0.150 e. The van der Waals surface area contributed by atoms with Gasteiger partial charge in [0.05, 0.1) is 17.4 Å². The van der Waals surface area contributed by atoms with Crippen LogP contribution in [0.15, 0.2) is 77.6 Å². The first kappa shape index (κ1) is 21.7. The Morgan fingerprint density at radius 2 is 1.83 bits per heavy atom. The number of benzene rings is 1. The van der Waals surface area contributed by atoms with Crippen molar-refractivity contribution in [2.24, 2.45) is 4.99 Å². The van der Waals surface area contributed by atoms with Gasteiger partial charge in [-0.2, -0.15) is 0 Å². The number of imidazole rings is 1. The van der Waals surface area contributed by atoms with E-state index in [0.29, 0.717) is 17.8 Å². The molecule has 36 heavy (non-hydrogen) atoms. The van der Waals surface area contributed by atoms with Crippen LogP contribution in [0.4, 0.5) is 5.82 Å². The molecule has 1 saturated heterocycles. The monoisotopic (exact) mass is 477 g/mol. The van der Waals surface area contributed by atoms with E-state index in [1.165, 1.54) is 11.1 Å². The maximum atomic E-state index is 6.44. The average molecular weight is 478 g/mol. The van der Waals surface area contributed by atoms with Crippen LogP contribution in [0.5, 0.6) is 0 Å². The fraction of sp³-hybridized carbons (Fsp3) is 0.345. The molecule has 1 atom stereocenters. The van der Waals surface area contributed by atoms with Gasteiger partial charge in [-0.05, 0) is 35.6 Å². The van der Waals surface area contributed by atoms with Gasteiger partial charge in [-0.3, -0.25) is 14.3 Å². The highest BCUT2D eigenvalue weighted by Gasteiger charge is 2.38. The molecule has 2 aromatic heterocycles. The number of hydrogen-bond acceptors (Lipinski definition) is 6. The van der Waals surface area contributed by atoms with Gasteiger partial charge in [0.2, 0.25) is 0 Å². The number of nitrogens with two attached hydrogens (primary N) is 1. The Kier molecular flexibility index (Phi) is 5.33. The molecule has 7 nitrogen and oxygen atoms in total. The zero-order valence-electron chi connectivity index (χ0n) is 20.3. The molecule has 182 valence electrons. The van der Waals surface area contributed by atoms with Crippen LogP contribution in [-0.2, 0) is 0 Å². The van der Waals surface area contributed by atoms with Crippen LogP contribution >= 0.6 is 0 Å². The molecule has 2 fully saturated rings. The largest absolute Gasteiger partial charge is 0.382 e. The van der Waals surface area contributed by atoms with Gasteiger partial charge in [-0.1, -0.05) is 48.6 Å². The number of nitrogen functional groups attached to an aromatic ring is 1. The van der Waals surface area contributed by atoms with Crippen molar-refractivity contribution in [1.82, 2.24) is 24.6 Å². The van der Waals surface area contributed by atoms with Crippen molar-refractivity contribution >= 4 is 22.6 Å². The van der Waals surface area contributed by atoms with Crippen molar-refractivity contribution in [2.45, 2.75) is 37.3 Å². The number of allylic oxidation sites excluding steroid dienone is 3. The molecule has 7 rings (SSSR count). The number of fused-ring (bicyclic) bond motifs is 2. The van der Waals surface area contributed by atoms with E-state index in [9.17, 15) is 0 Å². The minimum absolute atomic E-state index is 0.0871. The molecular formula is C29H31N7. The van der Waals surface area contributed by atoms with E-state index in [1.54, 1.807) is 6.20 Å². The standard InChI is InChI=1S/C29H31N7/c30-28-27-26(21-7-6-20-8-9-24(33-25(20)18-21)19-4-2-1-3-5-19)34-29(36(27)15-12-32-28)22-16-23(17-22)35-13-10-31-11-14-35/h1-9,12,15,22-23,25,31H,10-11,13-14,16-18H2,(H2,30,32). The van der Waals surface area contributed by atoms with Gasteiger partial charge < -0.3 is 11.1 Å². The summed E-state index contributed by atoms with van der Waals surface area (Å²) in [4.78, 5) is 17.4. The normalized spacial score (nSPS) is 26.1. The number of nitrogens with one attached hydrogen (secondary N) is 1. The van der Waals surface area contributed by atoms with E-state index in [1.807, 2.05) is 12.3 Å². The molecular weight excluding hydrogens is 446 g/mol. The molecule has 1 saturated carbocycles. The smallest absolute Gasteiger partial charge is 0.150 e. The van der Waals surface area contributed by atoms with Gasteiger partial charge in [0, 0.05) is 57.0 Å². The number of piperazine rings is 1. The highest BCUT2D eigenvalue weighted by atomic mass is 15.2. The number of nitrogens with zero attached hydrogens (tertiary/aromatic N) is 5. The molecule has 1 unspecified atom stereocenters. The Morgan fingerprint density at radius 1 is 1.00 bits per heavy atom. The fourth-order valence-electron chi connectivity index (χ4n) is 6.07. The summed E-state index contributed by atoms with van der Waals surface area (Å²) < 4.78 is 2.19. The zero-order chi connectivity index (χ0) is 24.1. The summed E-state index contributed by atoms with van der Waals surface area (Å²) in [7, 11) is 0. The van der Waals surface area contributed by atoms with Crippen LogP contribution in [0.3, 0.4) is 0 Å². The van der Waals surface area contributed by atoms with E-state index >= 15 is 0 Å². The lowest BCUT2D eigenvalue weighted by molar-refractivity contribution is 0.0928. The van der Waals surface area contributed by atoms with Crippen molar-refractivity contribution in [1.29, 1.82) is 0 Å². The minimum atomic E-state index is 0.0871. The third-order valence-electron chi connectivity index (χ3n) is 8.13. The molecule has 2 aliphatic carbocycles. The summed E-state index contributed by atoms with van der Waals surface area (Å²) in [6, 6.07) is 11.1. The van der Waals surface area contributed by atoms with Crippen LogP contribution in [0.2, 0.25) is 0 Å². The predicted molar refractivity (Wildman–Crippen MR) is 144 cm³/mol. The van der Waals surface area contributed by atoms with Gasteiger partial charge >= 0.3 is 0 Å². The van der Waals surface area contributed by atoms with E-state index in [4.69, 9.17) is 15.7 Å². The van der Waals surface area contributed by atoms with Crippen LogP contribution < -0.4 is 11.1 Å². The fourth-order valence-corrected chi connectivity index (χ4v) is 6.07. The first-order valence-corrected chi connectivity index (χ1v) is 13.0. The summed E-state index contributed by atoms with van der Waals surface area (Å²) in [6.07, 6.45) is 15.6. The second kappa shape index (κ2) is 8.84. The van der Waals surface area contributed by atoms with Crippen LogP contribution in [-0.4, -0.2) is 63.2 Å². The quantitative estimate of drug-likeness (QED) is 0.600. The number of hydrogen-bond donors (Lipinski definition) is 2. The minimum Gasteiger partial charge on any atom is -0.382 e. The van der Waals surface area contributed by atoms with E-state index in [2.05, 4.69) is 68.2 Å². The summed E-state index contributed by atoms with van der Waals surface area (Å²) in [5.41, 5.74) is 12.9. The summed E-state index contributed by atoms with van der Waals surface area (Å²) >= 11 is 0. The molecule has 0 spiro atoms. The van der Waals surface area contributed by atoms with Gasteiger partial charge in [-0.25, -0.2) is 9.97 Å². The van der Waals surface area contributed by atoms with Crippen LogP contribution in [0, 0.1) is 0 Å². The average Bonchev–Trinajstić information content (AvgIpc) is 3.29. The molecule has 7 heteroatoms. The SMILES string of the molecule is Nc1nccn2c(C3CC(N4CCNCC4)C3)nc(C3=CC=C4C=CC(c5ccccc5)=NC4C3)c12. The number of anilines is 1. The maximum absolute atomic E-state index is 6.44. The Hall–Kier alpha value is -3.55. The molecule has 1 aromatic carbocycles. The second-order valence-corrected chi connectivity index (χ2v) is 10.3. The predicted octanol–water partition coefficient (Wildman–Crippen LogP) is 3.60. The molecule has 0 bridgehead atoms. The number of dihydropyridines is 1. The Labute approximate surface area is 211 Å². The van der Waals surface area contributed by atoms with Gasteiger partial charge in [0.15, 0.2) is 0 Å². The molecule has 4 heterocycles. The second-order valence-electron chi connectivity index (χ2n) is 10.3. The van der Waals surface area contributed by atoms with Crippen LogP contribution in [0.25, 0.3) is 11.1 Å². The summed E-state index contributed by atoms with van der Waals surface area (Å²) in [5, 5.41) is 3.46. The Balaban J connectivity index is 1.19. The Morgan fingerprint density at radius 3 is 2.67 bits per heavy atom. The van der Waals surface area contributed by atoms with Crippen molar-refractivity contribution in [3.63, 3.8) is 0 Å².